The number of nitrogens with zero attached hydrogens (tertiary/aromatic N) is 5. The molecule has 0 radical (unpaired) electrons. The number of aliphatic carboxylic acids is 1. The van der Waals surface area contributed by atoms with Crippen LogP contribution in [-0.4, -0.2) is 84.9 Å². The van der Waals surface area contributed by atoms with Gasteiger partial charge in [-0.25, -0.2) is 19.6 Å². The van der Waals surface area contributed by atoms with Crippen molar-refractivity contribution in [3.05, 3.63) is 62.2 Å². The zero-order chi connectivity index (χ0) is 31.0. The van der Waals surface area contributed by atoms with Gasteiger partial charge in [-0.15, -0.1) is 23.1 Å². The molecule has 3 aromatic rings. The number of pyridine rings is 2. The SMILES string of the molecule is CCn1cc(C(=O)OCC2=C(C(=O)O)N3C(=O)[C@@H](NC(=O)/C(=N/OC)c4csc(N)n4)C3SC2)c(=O)c2ccc(C)nc21. The third-order valence-electron chi connectivity index (χ3n) is 6.70. The average Bonchev–Trinajstić information content (AvgIpc) is 3.42. The molecule has 0 aromatic carbocycles. The van der Waals surface area contributed by atoms with Gasteiger partial charge in [0.1, 0.15) is 47.7 Å². The number of nitrogen functional groups attached to an aromatic ring is 1. The maximum atomic E-state index is 13.1. The number of carbonyl (C=O) groups excluding carboxylic acids is 3. The number of nitrogens with two attached hydrogens (primary N) is 1. The van der Waals surface area contributed by atoms with E-state index in [1.165, 1.54) is 30.4 Å². The molecule has 15 nitrogen and oxygen atoms in total. The van der Waals surface area contributed by atoms with Gasteiger partial charge in [-0.05, 0) is 26.0 Å². The largest absolute Gasteiger partial charge is 0.477 e. The van der Waals surface area contributed by atoms with Crippen LogP contribution >= 0.6 is 23.1 Å². The first-order valence-corrected chi connectivity index (χ1v) is 14.7. The van der Waals surface area contributed by atoms with Gasteiger partial charge in [-0.3, -0.25) is 19.3 Å². The van der Waals surface area contributed by atoms with E-state index in [0.29, 0.717) is 17.9 Å². The maximum absolute atomic E-state index is 13.1. The Bertz CT molecular complexity index is 1800. The van der Waals surface area contributed by atoms with Gasteiger partial charge in [0.2, 0.25) is 5.43 Å². The van der Waals surface area contributed by atoms with E-state index in [0.717, 1.165) is 16.2 Å². The summed E-state index contributed by atoms with van der Waals surface area (Å²) in [4.78, 5) is 78.5. The summed E-state index contributed by atoms with van der Waals surface area (Å²) in [7, 11) is 1.24. The molecule has 1 fully saturated rings. The zero-order valence-electron chi connectivity index (χ0n) is 23.0. The first kappa shape index (κ1) is 29.7. The third kappa shape index (κ3) is 5.43. The van der Waals surface area contributed by atoms with Crippen LogP contribution in [0.15, 0.2) is 44.9 Å². The number of thioether (sulfide) groups is 1. The number of aryl methyl sites for hydroxylation is 2. The summed E-state index contributed by atoms with van der Waals surface area (Å²) in [6.07, 6.45) is 1.37. The van der Waals surface area contributed by atoms with Gasteiger partial charge >= 0.3 is 11.9 Å². The van der Waals surface area contributed by atoms with Crippen molar-refractivity contribution in [2.45, 2.75) is 31.8 Å². The Morgan fingerprint density at radius 3 is 2.67 bits per heavy atom. The van der Waals surface area contributed by atoms with Gasteiger partial charge < -0.3 is 30.3 Å². The maximum Gasteiger partial charge on any atom is 0.352 e. The highest BCUT2D eigenvalue weighted by Crippen LogP contribution is 2.40. The van der Waals surface area contributed by atoms with Crippen molar-refractivity contribution in [1.82, 2.24) is 24.8 Å². The molecule has 2 aliphatic rings. The molecule has 0 saturated carbocycles. The summed E-state index contributed by atoms with van der Waals surface area (Å²) in [5, 5.41) is 17.4. The lowest BCUT2D eigenvalue weighted by atomic mass is 10.0. The molecular formula is C26H25N7O8S2. The number of thiazole rings is 1. The summed E-state index contributed by atoms with van der Waals surface area (Å²) in [5.74, 6) is -3.70. The van der Waals surface area contributed by atoms with Crippen LogP contribution in [0.25, 0.3) is 11.0 Å². The van der Waals surface area contributed by atoms with E-state index in [4.69, 9.17) is 15.3 Å². The number of oxime groups is 1. The van der Waals surface area contributed by atoms with Crippen LogP contribution in [0, 0.1) is 6.92 Å². The van der Waals surface area contributed by atoms with Crippen LogP contribution in [0.3, 0.4) is 0 Å². The van der Waals surface area contributed by atoms with E-state index in [1.54, 1.807) is 23.6 Å². The van der Waals surface area contributed by atoms with Gasteiger partial charge in [0.05, 0.1) is 5.39 Å². The monoisotopic (exact) mass is 627 g/mol. The first-order chi connectivity index (χ1) is 20.5. The van der Waals surface area contributed by atoms with Crippen LogP contribution in [0.1, 0.15) is 28.7 Å². The van der Waals surface area contributed by atoms with E-state index in [2.05, 4.69) is 20.4 Å². The third-order valence-corrected chi connectivity index (χ3v) is 8.71. The number of anilines is 1. The van der Waals surface area contributed by atoms with Crippen LogP contribution in [0.5, 0.6) is 0 Å². The van der Waals surface area contributed by atoms with Crippen LogP contribution in [-0.2, 0) is 30.5 Å². The predicted molar refractivity (Wildman–Crippen MR) is 156 cm³/mol. The molecule has 1 unspecified atom stereocenters. The highest BCUT2D eigenvalue weighted by molar-refractivity contribution is 8.00. The number of esters is 1. The van der Waals surface area contributed by atoms with Gasteiger partial charge in [0, 0.05) is 35.1 Å². The number of amides is 2. The highest BCUT2D eigenvalue weighted by atomic mass is 32.2. The number of β-lactam (4-membered cyclic amide) rings is 1. The van der Waals surface area contributed by atoms with Gasteiger partial charge in [-0.1, -0.05) is 5.16 Å². The van der Waals surface area contributed by atoms with Crippen LogP contribution < -0.4 is 16.5 Å². The predicted octanol–water partition coefficient (Wildman–Crippen LogP) is 0.710. The van der Waals surface area contributed by atoms with E-state index >= 15 is 0 Å². The molecule has 3 aromatic heterocycles. The Labute approximate surface area is 251 Å². The van der Waals surface area contributed by atoms with Crippen molar-refractivity contribution in [2.75, 3.05) is 25.2 Å². The van der Waals surface area contributed by atoms with Crippen molar-refractivity contribution >= 4 is 68.7 Å². The number of hydrogen-bond acceptors (Lipinski definition) is 13. The minimum absolute atomic E-state index is 0.0808. The second kappa shape index (κ2) is 11.8. The number of carboxylic acids is 1. The number of rotatable bonds is 9. The molecule has 43 heavy (non-hydrogen) atoms. The molecule has 2 amide bonds. The molecule has 0 aliphatic carbocycles. The molecule has 0 bridgehead atoms. The van der Waals surface area contributed by atoms with Gasteiger partial charge in [-0.2, -0.15) is 0 Å². The zero-order valence-corrected chi connectivity index (χ0v) is 24.7. The quantitative estimate of drug-likeness (QED) is 0.130. The Hall–Kier alpha value is -4.77. The van der Waals surface area contributed by atoms with Crippen molar-refractivity contribution in [3.63, 3.8) is 0 Å². The molecule has 0 spiro atoms. The van der Waals surface area contributed by atoms with E-state index in [1.807, 2.05) is 6.92 Å². The Kier molecular flexibility index (Phi) is 8.19. The summed E-state index contributed by atoms with van der Waals surface area (Å²) in [5.41, 5.74) is 5.76. The number of carboxylic acid groups (broad SMARTS) is 1. The normalized spacial score (nSPS) is 18.3. The average molecular weight is 628 g/mol. The van der Waals surface area contributed by atoms with Crippen molar-refractivity contribution < 1.29 is 33.9 Å². The Morgan fingerprint density at radius 2 is 2.02 bits per heavy atom. The first-order valence-electron chi connectivity index (χ1n) is 12.8. The lowest BCUT2D eigenvalue weighted by molar-refractivity contribution is -0.150. The second-order valence-corrected chi connectivity index (χ2v) is 11.4. The molecule has 224 valence electrons. The summed E-state index contributed by atoms with van der Waals surface area (Å²) in [6.45, 7) is 3.60. The van der Waals surface area contributed by atoms with E-state index < -0.39 is 47.2 Å². The molecule has 5 heterocycles. The summed E-state index contributed by atoms with van der Waals surface area (Å²) in [6, 6.07) is 2.20. The van der Waals surface area contributed by atoms with E-state index in [9.17, 15) is 29.1 Å². The lowest BCUT2D eigenvalue weighted by Gasteiger charge is -2.49. The fourth-order valence-electron chi connectivity index (χ4n) is 4.67. The lowest BCUT2D eigenvalue weighted by Crippen LogP contribution is -2.71. The molecular weight excluding hydrogens is 602 g/mol. The fraction of sp³-hybridized carbons (Fsp3) is 0.308. The highest BCUT2D eigenvalue weighted by Gasteiger charge is 2.54. The number of carbonyl (C=O) groups is 4. The number of nitrogens with one attached hydrogen (secondary N) is 1. The second-order valence-electron chi connectivity index (χ2n) is 9.37. The van der Waals surface area contributed by atoms with Gasteiger partial charge in [0.25, 0.3) is 11.8 Å². The molecule has 5 rings (SSSR count). The number of ether oxygens (including phenoxy) is 1. The molecule has 4 N–H and O–H groups in total. The fourth-order valence-corrected chi connectivity index (χ4v) is 6.55. The van der Waals surface area contributed by atoms with Crippen LogP contribution in [0.2, 0.25) is 0 Å². The smallest absolute Gasteiger partial charge is 0.352 e. The minimum atomic E-state index is -1.41. The van der Waals surface area contributed by atoms with Gasteiger partial charge in [0.15, 0.2) is 10.8 Å². The summed E-state index contributed by atoms with van der Waals surface area (Å²) < 4.78 is 7.04. The standard InChI is InChI=1S/C26H25N7O8S2/c1-4-32-7-14(19(34)13-6-5-11(2)28-20(13)32)25(39)41-8-12-9-42-23-17(22(36)33(23)18(12)24(37)38)30-21(35)16(31-40-3)15-10-43-26(27)29-15/h5-7,10,17,23H,4,8-9H2,1-3H3,(H2,27,29)(H,30,35)(H,37,38)/b31-16+/t17-,23?/m1/s1. The number of aromatic nitrogens is 3. The topological polar surface area (TPSA) is 208 Å². The Morgan fingerprint density at radius 1 is 1.26 bits per heavy atom. The minimum Gasteiger partial charge on any atom is -0.477 e. The van der Waals surface area contributed by atoms with Crippen molar-refractivity contribution in [1.29, 1.82) is 0 Å². The number of hydrogen-bond donors (Lipinski definition) is 3. The Balaban J connectivity index is 1.33. The van der Waals surface area contributed by atoms with Crippen molar-refractivity contribution in [3.8, 4) is 0 Å². The molecule has 2 aliphatic heterocycles. The molecule has 1 saturated heterocycles. The van der Waals surface area contributed by atoms with Crippen molar-refractivity contribution in [2.24, 2.45) is 5.16 Å². The number of fused-ring (bicyclic) bond motifs is 2. The molecule has 17 heteroatoms. The summed E-state index contributed by atoms with van der Waals surface area (Å²) >= 11 is 2.27. The molecule has 2 atom stereocenters. The van der Waals surface area contributed by atoms with E-state index in [-0.39, 0.29) is 44.5 Å². The van der Waals surface area contributed by atoms with Crippen LogP contribution in [0.4, 0.5) is 5.13 Å².